The van der Waals surface area contributed by atoms with E-state index in [1.807, 2.05) is 19.9 Å². The van der Waals surface area contributed by atoms with Crippen LogP contribution in [0, 0.1) is 11.8 Å². The van der Waals surface area contributed by atoms with E-state index in [-0.39, 0.29) is 23.1 Å². The fourth-order valence-corrected chi connectivity index (χ4v) is 4.85. The Morgan fingerprint density at radius 1 is 1.08 bits per heavy atom. The number of aliphatic hydroxyl groups excluding tert-OH is 1. The molecule has 3 amide bonds. The molecule has 1 heterocycles. The second kappa shape index (κ2) is 14.3. The number of allylic oxidation sites excluding steroid dienone is 2. The highest BCUT2D eigenvalue weighted by Gasteiger charge is 2.34. The molecule has 0 unspecified atom stereocenters. The predicted molar refractivity (Wildman–Crippen MR) is 147 cm³/mol. The van der Waals surface area contributed by atoms with Gasteiger partial charge in [0, 0.05) is 19.4 Å². The number of aromatic hydroxyl groups is 1. The van der Waals surface area contributed by atoms with Crippen molar-refractivity contribution in [1.29, 1.82) is 0 Å². The van der Waals surface area contributed by atoms with Gasteiger partial charge in [-0.2, -0.15) is 0 Å². The minimum atomic E-state index is -1.28. The summed E-state index contributed by atoms with van der Waals surface area (Å²) < 4.78 is 5.56. The fraction of sp³-hybridized carbons (Fsp3) is 0.571. The Kier molecular flexibility index (Phi) is 11.8. The lowest BCUT2D eigenvalue weighted by atomic mass is 9.95. The molecule has 39 heavy (non-hydrogen) atoms. The van der Waals surface area contributed by atoms with E-state index in [0.717, 1.165) is 10.5 Å². The predicted octanol–water partition coefficient (Wildman–Crippen LogP) is 2.34. The number of carbonyl (C=O) groups excluding carboxylic acids is 4. The van der Waals surface area contributed by atoms with Gasteiger partial charge < -0.3 is 30.5 Å². The molecule has 2 rings (SSSR count). The maximum absolute atomic E-state index is 13.4. The molecule has 0 fully saturated rings. The summed E-state index contributed by atoms with van der Waals surface area (Å²) in [5.74, 6) is -2.90. The van der Waals surface area contributed by atoms with Crippen molar-refractivity contribution in [2.45, 2.75) is 78.1 Å². The number of hydrogen-bond donors (Lipinski definition) is 4. The highest BCUT2D eigenvalue weighted by Crippen LogP contribution is 2.25. The van der Waals surface area contributed by atoms with E-state index in [1.54, 1.807) is 19.9 Å². The van der Waals surface area contributed by atoms with E-state index in [9.17, 15) is 29.4 Å². The Labute approximate surface area is 234 Å². The van der Waals surface area contributed by atoms with Crippen molar-refractivity contribution < 1.29 is 34.1 Å². The van der Waals surface area contributed by atoms with Gasteiger partial charge in [0.05, 0.1) is 17.7 Å². The molecule has 0 saturated carbocycles. The molecular formula is C28H40ClN3O7. The van der Waals surface area contributed by atoms with E-state index >= 15 is 0 Å². The molecule has 4 N–H and O–H groups in total. The number of halogens is 1. The van der Waals surface area contributed by atoms with Crippen LogP contribution in [-0.4, -0.2) is 76.7 Å². The molecule has 0 aliphatic carbocycles. The number of phenols is 1. The van der Waals surface area contributed by atoms with E-state index in [1.165, 1.54) is 26.1 Å². The van der Waals surface area contributed by atoms with Crippen LogP contribution in [0.5, 0.6) is 5.75 Å². The van der Waals surface area contributed by atoms with Crippen LogP contribution in [0.3, 0.4) is 0 Å². The van der Waals surface area contributed by atoms with Crippen molar-refractivity contribution >= 4 is 35.3 Å². The third-order valence-corrected chi connectivity index (χ3v) is 7.04. The number of esters is 1. The molecule has 0 spiro atoms. The first-order chi connectivity index (χ1) is 18.2. The Hall–Kier alpha value is -3.11. The van der Waals surface area contributed by atoms with Crippen molar-refractivity contribution in [1.82, 2.24) is 15.5 Å². The molecule has 216 valence electrons. The van der Waals surface area contributed by atoms with Crippen molar-refractivity contribution in [2.24, 2.45) is 11.8 Å². The first kappa shape index (κ1) is 32.1. The molecule has 0 radical (unpaired) electrons. The van der Waals surface area contributed by atoms with Crippen molar-refractivity contribution in [3.8, 4) is 5.75 Å². The lowest BCUT2D eigenvalue weighted by Gasteiger charge is -2.31. The zero-order valence-electron chi connectivity index (χ0n) is 23.4. The van der Waals surface area contributed by atoms with Crippen molar-refractivity contribution in [2.75, 3.05) is 13.7 Å². The average Bonchev–Trinajstić information content (AvgIpc) is 2.85. The number of phenolic OH excluding ortho intramolecular Hbond substituents is 1. The standard InChI is InChI=1S/C28H40ClN3O7/c1-15-9-16(2)11-18(4)39-28(38)19(5)30-26(36)23(13-20-7-8-24(34)21(29)12-20)32(6)27(37)22(14-33)31-25(35)17(3)10-15/h7-9,12,16-19,22-23,33-34H,10-11,13-14H2,1-6H3,(H,30,36)(H,31,35)/b15-9+/t16-,17-,18-,19-,22-,23+/m0/s1. The van der Waals surface area contributed by atoms with Crippen LogP contribution >= 0.6 is 11.6 Å². The van der Waals surface area contributed by atoms with Gasteiger partial charge in [0.25, 0.3) is 0 Å². The van der Waals surface area contributed by atoms with Crippen LogP contribution in [0.1, 0.15) is 53.0 Å². The lowest BCUT2D eigenvalue weighted by Crippen LogP contribution is -2.58. The topological polar surface area (TPSA) is 145 Å². The zero-order chi connectivity index (χ0) is 29.4. The summed E-state index contributed by atoms with van der Waals surface area (Å²) in [5.41, 5.74) is 1.51. The molecular weight excluding hydrogens is 526 g/mol. The van der Waals surface area contributed by atoms with Crippen LogP contribution in [0.15, 0.2) is 29.8 Å². The second-order valence-corrected chi connectivity index (χ2v) is 10.9. The Morgan fingerprint density at radius 2 is 1.74 bits per heavy atom. The number of amides is 3. The number of nitrogens with zero attached hydrogens (tertiary/aromatic N) is 1. The summed E-state index contributed by atoms with van der Waals surface area (Å²) in [6.07, 6.45) is 2.58. The van der Waals surface area contributed by atoms with Crippen LogP contribution < -0.4 is 10.6 Å². The number of likely N-dealkylation sites (N-methyl/N-ethyl adjacent to an activating group) is 1. The van der Waals surface area contributed by atoms with Gasteiger partial charge in [-0.05, 0) is 57.2 Å². The first-order valence-corrected chi connectivity index (χ1v) is 13.4. The monoisotopic (exact) mass is 565 g/mol. The minimum absolute atomic E-state index is 0.0176. The third kappa shape index (κ3) is 9.25. The second-order valence-electron chi connectivity index (χ2n) is 10.5. The van der Waals surface area contributed by atoms with Gasteiger partial charge in [-0.1, -0.05) is 43.2 Å². The summed E-state index contributed by atoms with van der Waals surface area (Å²) in [6.45, 7) is 8.23. The summed E-state index contributed by atoms with van der Waals surface area (Å²) in [4.78, 5) is 53.6. The van der Waals surface area contributed by atoms with Crippen molar-refractivity contribution in [3.63, 3.8) is 0 Å². The maximum Gasteiger partial charge on any atom is 0.328 e. The number of nitrogens with one attached hydrogen (secondary N) is 2. The van der Waals surface area contributed by atoms with Crippen LogP contribution in [-0.2, 0) is 30.3 Å². The normalized spacial score (nSPS) is 29.8. The average molecular weight is 566 g/mol. The highest BCUT2D eigenvalue weighted by atomic mass is 35.5. The number of carbonyl (C=O) groups is 4. The molecule has 1 aliphatic heterocycles. The zero-order valence-corrected chi connectivity index (χ0v) is 24.1. The van der Waals surface area contributed by atoms with E-state index in [4.69, 9.17) is 16.3 Å². The van der Waals surface area contributed by atoms with Crippen LogP contribution in [0.2, 0.25) is 5.02 Å². The highest BCUT2D eigenvalue weighted by molar-refractivity contribution is 6.32. The number of hydrogen-bond acceptors (Lipinski definition) is 7. The summed E-state index contributed by atoms with van der Waals surface area (Å²) in [6, 6.07) is 0.969. The van der Waals surface area contributed by atoms with Gasteiger partial charge in [-0.3, -0.25) is 14.4 Å². The summed E-state index contributed by atoms with van der Waals surface area (Å²) in [7, 11) is 1.38. The quantitative estimate of drug-likeness (QED) is 0.325. The number of benzene rings is 1. The molecule has 10 nitrogen and oxygen atoms in total. The molecule has 0 aromatic heterocycles. The fourth-order valence-electron chi connectivity index (χ4n) is 4.64. The Morgan fingerprint density at radius 3 is 2.36 bits per heavy atom. The van der Waals surface area contributed by atoms with Gasteiger partial charge in [0.1, 0.15) is 23.9 Å². The van der Waals surface area contributed by atoms with Crippen molar-refractivity contribution in [3.05, 3.63) is 40.4 Å². The molecule has 6 atom stereocenters. The Bertz CT molecular complexity index is 1090. The van der Waals surface area contributed by atoms with Crippen LogP contribution in [0.4, 0.5) is 0 Å². The first-order valence-electron chi connectivity index (χ1n) is 13.1. The van der Waals surface area contributed by atoms with Gasteiger partial charge >= 0.3 is 5.97 Å². The minimum Gasteiger partial charge on any atom is -0.506 e. The summed E-state index contributed by atoms with van der Waals surface area (Å²) >= 11 is 6.04. The number of ether oxygens (including phenoxy) is 1. The SMILES string of the molecule is C/C1=C\[C@H](C)C[C@H](C)OC(=O)[C@H](C)NC(=O)[C@@H](Cc2ccc(O)c(Cl)c2)N(C)C(=O)[C@H](CO)NC(=O)[C@@H](C)C1. The van der Waals surface area contributed by atoms with Gasteiger partial charge in [-0.25, -0.2) is 4.79 Å². The largest absolute Gasteiger partial charge is 0.506 e. The third-order valence-electron chi connectivity index (χ3n) is 6.73. The lowest BCUT2D eigenvalue weighted by molar-refractivity contribution is -0.153. The molecule has 1 aromatic rings. The molecule has 1 aliphatic rings. The van der Waals surface area contributed by atoms with Crippen LogP contribution in [0.25, 0.3) is 0 Å². The maximum atomic E-state index is 13.4. The number of cyclic esters (lactones) is 1. The van der Waals surface area contributed by atoms with Gasteiger partial charge in [0.15, 0.2) is 0 Å². The molecule has 0 bridgehead atoms. The molecule has 0 saturated heterocycles. The summed E-state index contributed by atoms with van der Waals surface area (Å²) in [5, 5.41) is 25.0. The van der Waals surface area contributed by atoms with E-state index in [0.29, 0.717) is 18.4 Å². The van der Waals surface area contributed by atoms with E-state index in [2.05, 4.69) is 10.6 Å². The Balaban J connectivity index is 2.44. The molecule has 1 aromatic carbocycles. The van der Waals surface area contributed by atoms with E-state index < -0.39 is 60.4 Å². The number of aliphatic hydroxyl groups is 1. The smallest absolute Gasteiger partial charge is 0.328 e. The van der Waals surface area contributed by atoms with Gasteiger partial charge in [0.2, 0.25) is 17.7 Å². The number of rotatable bonds is 3. The molecule has 11 heteroatoms. The van der Waals surface area contributed by atoms with Gasteiger partial charge in [-0.15, -0.1) is 0 Å².